The molecule has 0 aromatic carbocycles. The fourth-order valence-electron chi connectivity index (χ4n) is 4.38. The largest absolute Gasteiger partial charge is 0.478 e. The van der Waals surface area contributed by atoms with E-state index in [9.17, 15) is 15.0 Å². The van der Waals surface area contributed by atoms with E-state index in [1.54, 1.807) is 18.2 Å². The topological polar surface area (TPSA) is 77.8 Å². The molecule has 122 valence electrons. The first-order valence-electron chi connectivity index (χ1n) is 7.94. The Labute approximate surface area is 131 Å². The summed E-state index contributed by atoms with van der Waals surface area (Å²) in [5.74, 6) is -0.178. The average Bonchev–Trinajstić information content (AvgIpc) is 2.40. The Bertz CT molecular complexity index is 519. The second kappa shape index (κ2) is 6.39. The summed E-state index contributed by atoms with van der Waals surface area (Å²) in [5.41, 5.74) is -0.380. The molecule has 2 aliphatic rings. The summed E-state index contributed by atoms with van der Waals surface area (Å²) in [7, 11) is 0. The van der Waals surface area contributed by atoms with Gasteiger partial charge in [0.2, 0.25) is 0 Å². The highest BCUT2D eigenvalue weighted by molar-refractivity contribution is 5.80. The van der Waals surface area contributed by atoms with Crippen LogP contribution >= 0.6 is 0 Å². The molecule has 0 heterocycles. The first-order valence-corrected chi connectivity index (χ1v) is 7.94. The zero-order valence-corrected chi connectivity index (χ0v) is 13.4. The monoisotopic (exact) mass is 306 g/mol. The van der Waals surface area contributed by atoms with Gasteiger partial charge in [-0.2, -0.15) is 0 Å². The van der Waals surface area contributed by atoms with Gasteiger partial charge in [-0.15, -0.1) is 0 Å². The number of carboxylic acids is 1. The van der Waals surface area contributed by atoms with Crippen LogP contribution in [0.5, 0.6) is 0 Å². The number of fused-ring (bicyclic) bond motifs is 1. The second-order valence-electron chi connectivity index (χ2n) is 6.97. The van der Waals surface area contributed by atoms with E-state index in [1.807, 2.05) is 6.92 Å². The fraction of sp³-hybridized carbons (Fsp3) is 0.611. The van der Waals surface area contributed by atoms with Gasteiger partial charge in [-0.3, -0.25) is 0 Å². The van der Waals surface area contributed by atoms with Crippen molar-refractivity contribution in [1.82, 2.24) is 0 Å². The molecular formula is C18H26O4. The molecule has 6 atom stereocenters. The zero-order valence-electron chi connectivity index (χ0n) is 13.4. The van der Waals surface area contributed by atoms with Crippen LogP contribution in [-0.4, -0.2) is 33.0 Å². The van der Waals surface area contributed by atoms with Crippen LogP contribution in [0.2, 0.25) is 0 Å². The first-order chi connectivity index (χ1) is 10.3. The maximum atomic E-state index is 11.2. The Morgan fingerprint density at radius 2 is 2.00 bits per heavy atom. The van der Waals surface area contributed by atoms with Gasteiger partial charge in [0.1, 0.15) is 5.60 Å². The summed E-state index contributed by atoms with van der Waals surface area (Å²) >= 11 is 0. The van der Waals surface area contributed by atoms with Crippen molar-refractivity contribution < 1.29 is 20.1 Å². The SMILES string of the molecule is CC1=C[C@H](O)[C@H]2C[C@@H](C)C[C@@H](C)[C@@H]2[C@@]1(O)C=CC=CC(=O)O. The molecule has 0 aliphatic heterocycles. The minimum atomic E-state index is -1.12. The molecule has 0 radical (unpaired) electrons. The van der Waals surface area contributed by atoms with Crippen molar-refractivity contribution in [2.24, 2.45) is 23.7 Å². The molecule has 0 spiro atoms. The molecule has 3 N–H and O–H groups in total. The molecule has 0 aromatic rings. The van der Waals surface area contributed by atoms with Gasteiger partial charge in [-0.1, -0.05) is 32.1 Å². The van der Waals surface area contributed by atoms with E-state index in [1.165, 1.54) is 6.08 Å². The Morgan fingerprint density at radius 1 is 1.32 bits per heavy atom. The number of aliphatic hydroxyl groups excluding tert-OH is 1. The van der Waals surface area contributed by atoms with Gasteiger partial charge in [0.15, 0.2) is 0 Å². The van der Waals surface area contributed by atoms with E-state index in [2.05, 4.69) is 13.8 Å². The summed E-state index contributed by atoms with van der Waals surface area (Å²) in [5, 5.41) is 30.2. The third kappa shape index (κ3) is 3.18. The minimum absolute atomic E-state index is 0.0422. The average molecular weight is 306 g/mol. The van der Waals surface area contributed by atoms with Crippen LogP contribution in [0.1, 0.15) is 33.6 Å². The van der Waals surface area contributed by atoms with E-state index >= 15 is 0 Å². The highest BCUT2D eigenvalue weighted by Gasteiger charge is 2.51. The summed E-state index contributed by atoms with van der Waals surface area (Å²) in [6.07, 6.45) is 8.89. The van der Waals surface area contributed by atoms with Crippen LogP contribution in [0.3, 0.4) is 0 Å². The van der Waals surface area contributed by atoms with Crippen molar-refractivity contribution >= 4 is 5.97 Å². The van der Waals surface area contributed by atoms with Crippen LogP contribution in [0.15, 0.2) is 36.0 Å². The summed E-state index contributed by atoms with van der Waals surface area (Å²) in [6.45, 7) is 6.15. The molecule has 1 fully saturated rings. The Morgan fingerprint density at radius 3 is 2.64 bits per heavy atom. The summed E-state index contributed by atoms with van der Waals surface area (Å²) < 4.78 is 0. The number of carbonyl (C=O) groups is 1. The van der Waals surface area contributed by atoms with Gasteiger partial charge < -0.3 is 15.3 Å². The van der Waals surface area contributed by atoms with Crippen LogP contribution in [0.25, 0.3) is 0 Å². The molecule has 4 nitrogen and oxygen atoms in total. The molecule has 2 aliphatic carbocycles. The van der Waals surface area contributed by atoms with Crippen LogP contribution in [0, 0.1) is 23.7 Å². The molecule has 0 unspecified atom stereocenters. The number of aliphatic carboxylic acids is 1. The normalized spacial score (nSPS) is 42.4. The van der Waals surface area contributed by atoms with E-state index in [0.29, 0.717) is 11.8 Å². The predicted octanol–water partition coefficient (Wildman–Crippen LogP) is 2.53. The summed E-state index contributed by atoms with van der Waals surface area (Å²) in [4.78, 5) is 10.5. The molecule has 0 amide bonds. The van der Waals surface area contributed by atoms with E-state index in [0.717, 1.165) is 24.5 Å². The highest BCUT2D eigenvalue weighted by Crippen LogP contribution is 2.50. The molecule has 4 heteroatoms. The van der Waals surface area contributed by atoms with Crippen LogP contribution < -0.4 is 0 Å². The van der Waals surface area contributed by atoms with Crippen molar-refractivity contribution in [3.05, 3.63) is 36.0 Å². The Kier molecular flexibility index (Phi) is 4.93. The van der Waals surface area contributed by atoms with Gasteiger partial charge in [-0.25, -0.2) is 4.79 Å². The van der Waals surface area contributed by atoms with E-state index < -0.39 is 17.7 Å². The van der Waals surface area contributed by atoms with Gasteiger partial charge in [0, 0.05) is 12.0 Å². The third-order valence-corrected chi connectivity index (χ3v) is 5.22. The lowest BCUT2D eigenvalue weighted by Gasteiger charge is -2.51. The van der Waals surface area contributed by atoms with E-state index in [-0.39, 0.29) is 11.8 Å². The molecule has 1 saturated carbocycles. The van der Waals surface area contributed by atoms with Gasteiger partial charge in [0.05, 0.1) is 6.10 Å². The number of hydrogen-bond acceptors (Lipinski definition) is 3. The maximum Gasteiger partial charge on any atom is 0.328 e. The predicted molar refractivity (Wildman–Crippen MR) is 85.2 cm³/mol. The van der Waals surface area contributed by atoms with Crippen molar-refractivity contribution in [3.8, 4) is 0 Å². The maximum absolute atomic E-state index is 11.2. The van der Waals surface area contributed by atoms with Crippen molar-refractivity contribution in [2.45, 2.75) is 45.3 Å². The standard InChI is InChI=1S/C18H26O4/c1-11-8-12(2)17-14(9-11)15(19)10-13(3)18(17,22)7-5-4-6-16(20)21/h4-7,10-12,14-15,17,19,22H,8-9H2,1-3H3,(H,20,21)/t11-,12+,14+,15-,17-,18+/m0/s1. The second-order valence-corrected chi connectivity index (χ2v) is 6.97. The molecule has 2 rings (SSSR count). The molecular weight excluding hydrogens is 280 g/mol. The van der Waals surface area contributed by atoms with Crippen molar-refractivity contribution in [3.63, 3.8) is 0 Å². The number of aliphatic hydroxyl groups is 2. The lowest BCUT2D eigenvalue weighted by molar-refractivity contribution is -0.131. The highest BCUT2D eigenvalue weighted by atomic mass is 16.4. The first kappa shape index (κ1) is 17.0. The zero-order chi connectivity index (χ0) is 16.5. The number of hydrogen-bond donors (Lipinski definition) is 3. The third-order valence-electron chi connectivity index (χ3n) is 5.22. The number of rotatable bonds is 3. The van der Waals surface area contributed by atoms with Gasteiger partial charge >= 0.3 is 5.97 Å². The molecule has 0 bridgehead atoms. The Balaban J connectivity index is 2.34. The quantitative estimate of drug-likeness (QED) is 0.425. The van der Waals surface area contributed by atoms with Crippen molar-refractivity contribution in [1.29, 1.82) is 0 Å². The lowest BCUT2D eigenvalue weighted by Crippen LogP contribution is -2.53. The molecule has 0 saturated heterocycles. The number of allylic oxidation sites excluding steroid dienone is 2. The number of carboxylic acid groups (broad SMARTS) is 1. The van der Waals surface area contributed by atoms with E-state index in [4.69, 9.17) is 5.11 Å². The minimum Gasteiger partial charge on any atom is -0.478 e. The lowest BCUT2D eigenvalue weighted by atomic mass is 9.56. The summed E-state index contributed by atoms with van der Waals surface area (Å²) in [6, 6.07) is 0. The van der Waals surface area contributed by atoms with Crippen LogP contribution in [-0.2, 0) is 4.79 Å². The smallest absolute Gasteiger partial charge is 0.328 e. The van der Waals surface area contributed by atoms with Crippen LogP contribution in [0.4, 0.5) is 0 Å². The van der Waals surface area contributed by atoms with Gasteiger partial charge in [0.25, 0.3) is 0 Å². The molecule has 0 aromatic heterocycles. The Hall–Kier alpha value is -1.39. The fourth-order valence-corrected chi connectivity index (χ4v) is 4.38. The molecule has 22 heavy (non-hydrogen) atoms. The van der Waals surface area contributed by atoms with Crippen molar-refractivity contribution in [2.75, 3.05) is 0 Å². The van der Waals surface area contributed by atoms with Gasteiger partial charge in [-0.05, 0) is 49.2 Å².